The van der Waals surface area contributed by atoms with Gasteiger partial charge in [-0.2, -0.15) is 0 Å². The summed E-state index contributed by atoms with van der Waals surface area (Å²) in [7, 11) is 3.14. The van der Waals surface area contributed by atoms with Crippen LogP contribution in [0.25, 0.3) is 0 Å². The maximum absolute atomic E-state index is 12.3. The third-order valence-electron chi connectivity index (χ3n) is 5.66. The maximum Gasteiger partial charge on any atom is 0.313 e. The van der Waals surface area contributed by atoms with E-state index in [0.717, 1.165) is 28.8 Å². The molecule has 31 heavy (non-hydrogen) atoms. The highest BCUT2D eigenvalue weighted by molar-refractivity contribution is 6.39. The number of methoxy groups -OCH3 is 2. The zero-order chi connectivity index (χ0) is 22.0. The Morgan fingerprint density at radius 2 is 1.71 bits per heavy atom. The van der Waals surface area contributed by atoms with E-state index in [4.69, 9.17) is 9.47 Å². The van der Waals surface area contributed by atoms with Crippen LogP contribution in [-0.4, -0.2) is 45.0 Å². The van der Waals surface area contributed by atoms with E-state index in [9.17, 15) is 14.4 Å². The molecule has 0 radical (unpaired) electrons. The summed E-state index contributed by atoms with van der Waals surface area (Å²) >= 11 is 0. The molecule has 0 saturated carbocycles. The quantitative estimate of drug-likeness (QED) is 0.691. The Kier molecular flexibility index (Phi) is 5.79. The van der Waals surface area contributed by atoms with Crippen molar-refractivity contribution < 1.29 is 23.9 Å². The van der Waals surface area contributed by atoms with Gasteiger partial charge in [0.2, 0.25) is 5.91 Å². The first kappa shape index (κ1) is 20.7. The lowest BCUT2D eigenvalue weighted by molar-refractivity contribution is -0.136. The lowest BCUT2D eigenvalue weighted by Crippen LogP contribution is -2.36. The fourth-order valence-electron chi connectivity index (χ4n) is 4.15. The Morgan fingerprint density at radius 3 is 2.45 bits per heavy atom. The first-order valence-electron chi connectivity index (χ1n) is 10.3. The van der Waals surface area contributed by atoms with Crippen LogP contribution in [0, 0.1) is 0 Å². The SMILES string of the molecule is COc1ccc(CCNC(=O)C(=O)Nc2cc3c4c(c2)CCN4C(=O)CC3)cc1OC. The molecule has 0 fully saturated rings. The zero-order valence-electron chi connectivity index (χ0n) is 17.6. The highest BCUT2D eigenvalue weighted by Gasteiger charge is 2.31. The number of benzene rings is 2. The predicted molar refractivity (Wildman–Crippen MR) is 116 cm³/mol. The highest BCUT2D eigenvalue weighted by Crippen LogP contribution is 2.38. The molecule has 2 aliphatic rings. The molecule has 4 rings (SSSR count). The van der Waals surface area contributed by atoms with Crippen molar-refractivity contribution in [3.8, 4) is 11.5 Å². The van der Waals surface area contributed by atoms with Crippen molar-refractivity contribution in [3.05, 3.63) is 47.0 Å². The third-order valence-corrected chi connectivity index (χ3v) is 5.66. The number of carbonyl (C=O) groups excluding carboxylic acids is 3. The predicted octanol–water partition coefficient (Wildman–Crippen LogP) is 1.84. The van der Waals surface area contributed by atoms with Crippen LogP contribution in [0.1, 0.15) is 23.1 Å². The van der Waals surface area contributed by atoms with Crippen LogP contribution in [0.15, 0.2) is 30.3 Å². The van der Waals surface area contributed by atoms with E-state index in [1.54, 1.807) is 20.3 Å². The van der Waals surface area contributed by atoms with Gasteiger partial charge < -0.3 is 25.0 Å². The molecule has 0 atom stereocenters. The number of nitrogens with one attached hydrogen (secondary N) is 2. The fourth-order valence-corrected chi connectivity index (χ4v) is 4.15. The van der Waals surface area contributed by atoms with Gasteiger partial charge in [0.25, 0.3) is 0 Å². The van der Waals surface area contributed by atoms with E-state index in [1.807, 2.05) is 29.2 Å². The Hall–Kier alpha value is -3.55. The molecule has 0 bridgehead atoms. The molecule has 2 aliphatic heterocycles. The van der Waals surface area contributed by atoms with E-state index >= 15 is 0 Å². The Bertz CT molecular complexity index is 1050. The second-order valence-corrected chi connectivity index (χ2v) is 7.59. The summed E-state index contributed by atoms with van der Waals surface area (Å²) in [5.41, 5.74) is 4.60. The third kappa shape index (κ3) is 4.19. The summed E-state index contributed by atoms with van der Waals surface area (Å²) in [6.07, 6.45) is 2.43. The van der Waals surface area contributed by atoms with Crippen molar-refractivity contribution in [2.45, 2.75) is 25.7 Å². The number of anilines is 2. The van der Waals surface area contributed by atoms with E-state index in [-0.39, 0.29) is 5.91 Å². The van der Waals surface area contributed by atoms with Gasteiger partial charge in [-0.05, 0) is 60.2 Å². The minimum atomic E-state index is -0.707. The highest BCUT2D eigenvalue weighted by atomic mass is 16.5. The molecule has 8 nitrogen and oxygen atoms in total. The largest absolute Gasteiger partial charge is 0.493 e. The number of hydrogen-bond acceptors (Lipinski definition) is 5. The number of amides is 3. The van der Waals surface area contributed by atoms with Crippen molar-refractivity contribution in [1.82, 2.24) is 5.32 Å². The van der Waals surface area contributed by atoms with Crippen LogP contribution in [0.4, 0.5) is 11.4 Å². The second kappa shape index (κ2) is 8.67. The van der Waals surface area contributed by atoms with Gasteiger partial charge in [0.1, 0.15) is 0 Å². The van der Waals surface area contributed by atoms with Crippen molar-refractivity contribution in [1.29, 1.82) is 0 Å². The van der Waals surface area contributed by atoms with Gasteiger partial charge in [0, 0.05) is 25.2 Å². The molecule has 0 spiro atoms. The van der Waals surface area contributed by atoms with Crippen LogP contribution in [-0.2, 0) is 33.6 Å². The fraction of sp³-hybridized carbons (Fsp3) is 0.348. The minimum absolute atomic E-state index is 0.150. The van der Waals surface area contributed by atoms with E-state index in [0.29, 0.717) is 49.5 Å². The standard InChI is InChI=1S/C23H25N3O5/c1-30-18-5-3-14(11-19(18)31-2)7-9-24-22(28)23(29)25-17-12-15-4-6-20(27)26-10-8-16(13-17)21(15)26/h3,5,11-13H,4,6-10H2,1-2H3,(H,24,28)(H,25,29). The van der Waals surface area contributed by atoms with E-state index in [2.05, 4.69) is 10.6 Å². The molecule has 0 saturated heterocycles. The van der Waals surface area contributed by atoms with Gasteiger partial charge in [-0.15, -0.1) is 0 Å². The summed E-state index contributed by atoms with van der Waals surface area (Å²) in [5, 5.41) is 5.33. The topological polar surface area (TPSA) is 97.0 Å². The molecule has 2 aromatic rings. The van der Waals surface area contributed by atoms with Gasteiger partial charge in [0.05, 0.1) is 19.9 Å². The van der Waals surface area contributed by atoms with Crippen LogP contribution < -0.4 is 25.0 Å². The molecule has 8 heteroatoms. The molecule has 2 aromatic carbocycles. The average Bonchev–Trinajstić information content (AvgIpc) is 3.21. The number of carbonyl (C=O) groups is 3. The van der Waals surface area contributed by atoms with Gasteiger partial charge in [-0.25, -0.2) is 0 Å². The van der Waals surface area contributed by atoms with Crippen molar-refractivity contribution >= 4 is 29.1 Å². The molecule has 0 unspecified atom stereocenters. The molecular formula is C23H25N3O5. The van der Waals surface area contributed by atoms with Gasteiger partial charge in [-0.3, -0.25) is 14.4 Å². The summed E-state index contributed by atoms with van der Waals surface area (Å²) < 4.78 is 10.5. The summed E-state index contributed by atoms with van der Waals surface area (Å²) in [6.45, 7) is 0.990. The van der Waals surface area contributed by atoms with Gasteiger partial charge in [0.15, 0.2) is 11.5 Å². The molecule has 0 aromatic heterocycles. The van der Waals surface area contributed by atoms with Crippen molar-refractivity contribution in [2.24, 2.45) is 0 Å². The van der Waals surface area contributed by atoms with Gasteiger partial charge >= 0.3 is 11.8 Å². The van der Waals surface area contributed by atoms with Crippen LogP contribution in [0.3, 0.4) is 0 Å². The first-order chi connectivity index (χ1) is 15.0. The number of aryl methyl sites for hydroxylation is 1. The Morgan fingerprint density at radius 1 is 0.968 bits per heavy atom. The number of rotatable bonds is 6. The Balaban J connectivity index is 1.34. The van der Waals surface area contributed by atoms with Gasteiger partial charge in [-0.1, -0.05) is 6.07 Å². The smallest absolute Gasteiger partial charge is 0.313 e. The molecule has 2 heterocycles. The van der Waals surface area contributed by atoms with Crippen LogP contribution in [0.5, 0.6) is 11.5 Å². The van der Waals surface area contributed by atoms with Crippen LogP contribution in [0.2, 0.25) is 0 Å². The monoisotopic (exact) mass is 423 g/mol. The Labute approximate surface area is 180 Å². The normalized spacial score (nSPS) is 14.1. The molecule has 162 valence electrons. The lowest BCUT2D eigenvalue weighted by atomic mass is 9.98. The van der Waals surface area contributed by atoms with E-state index in [1.165, 1.54) is 0 Å². The van der Waals surface area contributed by atoms with Crippen molar-refractivity contribution in [2.75, 3.05) is 37.5 Å². The molecule has 3 amide bonds. The molecule has 2 N–H and O–H groups in total. The van der Waals surface area contributed by atoms with Crippen molar-refractivity contribution in [3.63, 3.8) is 0 Å². The summed E-state index contributed by atoms with van der Waals surface area (Å²) in [5.74, 6) is 0.00459. The summed E-state index contributed by atoms with van der Waals surface area (Å²) in [6, 6.07) is 9.25. The summed E-state index contributed by atoms with van der Waals surface area (Å²) in [4.78, 5) is 38.4. The number of ether oxygens (including phenoxy) is 2. The second-order valence-electron chi connectivity index (χ2n) is 7.59. The average molecular weight is 423 g/mol. The number of hydrogen-bond donors (Lipinski definition) is 2. The number of nitrogens with zero attached hydrogens (tertiary/aromatic N) is 1. The zero-order valence-corrected chi connectivity index (χ0v) is 17.6. The first-order valence-corrected chi connectivity index (χ1v) is 10.3. The molecule has 0 aliphatic carbocycles. The minimum Gasteiger partial charge on any atom is -0.493 e. The van der Waals surface area contributed by atoms with Crippen LogP contribution >= 0.6 is 0 Å². The van der Waals surface area contributed by atoms with E-state index < -0.39 is 11.8 Å². The molecular weight excluding hydrogens is 398 g/mol. The maximum atomic E-state index is 12.3. The lowest BCUT2D eigenvalue weighted by Gasteiger charge is -2.25.